The lowest BCUT2D eigenvalue weighted by atomic mass is 10.8. The average molecular weight is 153 g/mol. The third kappa shape index (κ3) is 5.97. The van der Waals surface area contributed by atoms with Gasteiger partial charge < -0.3 is 10.5 Å². The van der Waals surface area contributed by atoms with Crippen LogP contribution in [0.4, 0.5) is 4.79 Å². The lowest BCUT2D eigenvalue weighted by Gasteiger charge is -2.14. The van der Waals surface area contributed by atoms with Crippen LogP contribution >= 0.6 is 25.3 Å². The number of nitrogens with two attached hydrogens (primary N) is 1. The van der Waals surface area contributed by atoms with Gasteiger partial charge in [-0.05, 0) is 6.92 Å². The fourth-order valence-corrected chi connectivity index (χ4v) is 0.371. The molecule has 0 atom stereocenters. The molecule has 8 heavy (non-hydrogen) atoms. The topological polar surface area (TPSA) is 52.3 Å². The third-order valence-electron chi connectivity index (χ3n) is 0.294. The van der Waals surface area contributed by atoms with Crippen LogP contribution in [0, 0.1) is 0 Å². The van der Waals surface area contributed by atoms with Crippen molar-refractivity contribution in [1.29, 1.82) is 0 Å². The second-order valence-electron chi connectivity index (χ2n) is 1.36. The molecule has 0 spiro atoms. The molecule has 0 fully saturated rings. The van der Waals surface area contributed by atoms with E-state index >= 15 is 0 Å². The van der Waals surface area contributed by atoms with Gasteiger partial charge in [-0.15, -0.1) is 25.3 Å². The zero-order valence-corrected chi connectivity index (χ0v) is 6.08. The van der Waals surface area contributed by atoms with E-state index in [9.17, 15) is 4.79 Å². The van der Waals surface area contributed by atoms with Gasteiger partial charge >= 0.3 is 6.09 Å². The minimum absolute atomic E-state index is 0.877. The summed E-state index contributed by atoms with van der Waals surface area (Å²) in [6, 6.07) is 0. The molecule has 0 aromatic carbocycles. The fourth-order valence-electron chi connectivity index (χ4n) is 0.191. The van der Waals surface area contributed by atoms with E-state index in [1.807, 2.05) is 0 Å². The van der Waals surface area contributed by atoms with E-state index in [0.717, 1.165) is 0 Å². The SMILES string of the molecule is CC(S)(S)OC(N)=O. The number of rotatable bonds is 1. The number of hydrogen-bond acceptors (Lipinski definition) is 4. The van der Waals surface area contributed by atoms with E-state index in [4.69, 9.17) is 0 Å². The number of thiol groups is 2. The number of primary amides is 1. The number of hydrogen-bond donors (Lipinski definition) is 3. The van der Waals surface area contributed by atoms with Crippen LogP contribution in [0.1, 0.15) is 6.92 Å². The van der Waals surface area contributed by atoms with Gasteiger partial charge in [0.25, 0.3) is 0 Å². The van der Waals surface area contributed by atoms with Crippen molar-refractivity contribution >= 4 is 31.4 Å². The largest absolute Gasteiger partial charge is 0.423 e. The van der Waals surface area contributed by atoms with Crippen LogP contribution in [0.2, 0.25) is 0 Å². The van der Waals surface area contributed by atoms with Gasteiger partial charge in [0.2, 0.25) is 0 Å². The van der Waals surface area contributed by atoms with E-state index in [1.165, 1.54) is 6.92 Å². The Morgan fingerprint density at radius 2 is 2.12 bits per heavy atom. The van der Waals surface area contributed by atoms with Crippen molar-refractivity contribution < 1.29 is 9.53 Å². The second kappa shape index (κ2) is 2.50. The summed E-state index contributed by atoms with van der Waals surface area (Å²) in [4.78, 5) is 9.92. The monoisotopic (exact) mass is 153 g/mol. The van der Waals surface area contributed by atoms with Crippen LogP contribution in [0.15, 0.2) is 0 Å². The van der Waals surface area contributed by atoms with Crippen molar-refractivity contribution in [1.82, 2.24) is 0 Å². The first-order valence-corrected chi connectivity index (χ1v) is 2.74. The molecule has 0 aliphatic heterocycles. The van der Waals surface area contributed by atoms with Crippen molar-refractivity contribution in [2.45, 2.75) is 11.2 Å². The maximum atomic E-state index is 9.92. The average Bonchev–Trinajstić information content (AvgIpc) is 1.21. The highest BCUT2D eigenvalue weighted by Gasteiger charge is 2.15. The highest BCUT2D eigenvalue weighted by Crippen LogP contribution is 2.18. The van der Waals surface area contributed by atoms with E-state index in [0.29, 0.717) is 0 Å². The summed E-state index contributed by atoms with van der Waals surface area (Å²) in [7, 11) is 0. The highest BCUT2D eigenvalue weighted by atomic mass is 32.2. The minimum Gasteiger partial charge on any atom is -0.423 e. The quantitative estimate of drug-likeness (QED) is 0.382. The van der Waals surface area contributed by atoms with Crippen molar-refractivity contribution in [3.8, 4) is 0 Å². The van der Waals surface area contributed by atoms with Crippen LogP contribution < -0.4 is 5.73 Å². The van der Waals surface area contributed by atoms with Gasteiger partial charge in [-0.25, -0.2) is 4.79 Å². The van der Waals surface area contributed by atoms with Gasteiger partial charge in [0.1, 0.15) is 0 Å². The van der Waals surface area contributed by atoms with Crippen LogP contribution in [-0.2, 0) is 4.74 Å². The van der Waals surface area contributed by atoms with Gasteiger partial charge in [-0.2, -0.15) is 0 Å². The number of amides is 1. The Bertz CT molecular complexity index is 97.9. The van der Waals surface area contributed by atoms with Crippen LogP contribution in [0.3, 0.4) is 0 Å². The molecule has 0 saturated heterocycles. The molecule has 0 rings (SSSR count). The molecular formula is C3H7NO2S2. The first-order chi connectivity index (χ1) is 3.42. The predicted molar refractivity (Wildman–Crippen MR) is 37.0 cm³/mol. The first kappa shape index (κ1) is 7.97. The van der Waals surface area contributed by atoms with E-state index in [-0.39, 0.29) is 0 Å². The van der Waals surface area contributed by atoms with Crippen LogP contribution in [0.5, 0.6) is 0 Å². The maximum absolute atomic E-state index is 9.92. The van der Waals surface area contributed by atoms with Crippen LogP contribution in [0.25, 0.3) is 0 Å². The molecule has 0 bridgehead atoms. The molecule has 0 aromatic heterocycles. The predicted octanol–water partition coefficient (Wildman–Crippen LogP) is 0.615. The summed E-state index contributed by atoms with van der Waals surface area (Å²) in [6.45, 7) is 1.49. The lowest BCUT2D eigenvalue weighted by Crippen LogP contribution is -2.23. The normalized spacial score (nSPS) is 10.9. The van der Waals surface area contributed by atoms with Gasteiger partial charge in [-0.1, -0.05) is 0 Å². The molecule has 3 nitrogen and oxygen atoms in total. The van der Waals surface area contributed by atoms with E-state index in [1.54, 1.807) is 0 Å². The smallest absolute Gasteiger partial charge is 0.406 e. The molecule has 48 valence electrons. The van der Waals surface area contributed by atoms with Gasteiger partial charge in [-0.3, -0.25) is 0 Å². The Labute approximate surface area is 58.4 Å². The Balaban J connectivity index is 3.55. The molecule has 0 aliphatic carbocycles. The zero-order valence-electron chi connectivity index (χ0n) is 4.29. The zero-order chi connectivity index (χ0) is 6.78. The molecular weight excluding hydrogens is 146 g/mol. The number of carbonyl (C=O) groups is 1. The van der Waals surface area contributed by atoms with Crippen LogP contribution in [-0.4, -0.2) is 10.4 Å². The molecule has 5 heteroatoms. The molecule has 0 saturated carbocycles. The van der Waals surface area contributed by atoms with Crippen molar-refractivity contribution in [3.05, 3.63) is 0 Å². The summed E-state index contributed by atoms with van der Waals surface area (Å²) >= 11 is 7.47. The molecule has 0 aromatic rings. The van der Waals surface area contributed by atoms with Gasteiger partial charge in [0, 0.05) is 0 Å². The molecule has 0 radical (unpaired) electrons. The van der Waals surface area contributed by atoms with Crippen molar-refractivity contribution in [2.75, 3.05) is 0 Å². The highest BCUT2D eigenvalue weighted by molar-refractivity contribution is 8.00. The molecule has 0 unspecified atom stereocenters. The Hall–Kier alpha value is -0.0300. The lowest BCUT2D eigenvalue weighted by molar-refractivity contribution is 0.141. The summed E-state index contributed by atoms with van der Waals surface area (Å²) in [5.41, 5.74) is 4.62. The Kier molecular flexibility index (Phi) is 2.49. The Morgan fingerprint density at radius 1 is 1.75 bits per heavy atom. The Morgan fingerprint density at radius 3 is 2.12 bits per heavy atom. The fraction of sp³-hybridized carbons (Fsp3) is 0.667. The summed E-state index contributed by atoms with van der Waals surface area (Å²) in [6.07, 6.45) is -0.877. The molecule has 0 aliphatic rings. The minimum atomic E-state index is -1.06. The van der Waals surface area contributed by atoms with E-state index < -0.39 is 10.4 Å². The first-order valence-electron chi connectivity index (χ1n) is 1.85. The van der Waals surface area contributed by atoms with Crippen molar-refractivity contribution in [3.63, 3.8) is 0 Å². The van der Waals surface area contributed by atoms with Crippen molar-refractivity contribution in [2.24, 2.45) is 5.73 Å². The summed E-state index contributed by atoms with van der Waals surface area (Å²) < 4.78 is 3.24. The van der Waals surface area contributed by atoms with Gasteiger partial charge in [0.05, 0.1) is 0 Å². The summed E-state index contributed by atoms with van der Waals surface area (Å²) in [5, 5.41) is 0. The standard InChI is InChI=1S/C3H7NO2S2/c1-3(7,8)6-2(4)5/h7-8H,1H3,(H2,4,5). The van der Waals surface area contributed by atoms with E-state index in [2.05, 4.69) is 35.7 Å². The molecule has 0 heterocycles. The molecule has 2 N–H and O–H groups in total. The van der Waals surface area contributed by atoms with Gasteiger partial charge in [0.15, 0.2) is 4.27 Å². The summed E-state index contributed by atoms with van der Waals surface area (Å²) in [5.74, 6) is 0. The molecule has 1 amide bonds. The number of ether oxygens (including phenoxy) is 1. The number of carbonyl (C=O) groups excluding carboxylic acids is 1. The maximum Gasteiger partial charge on any atom is 0.406 e. The third-order valence-corrected chi connectivity index (χ3v) is 0.477. The second-order valence-corrected chi connectivity index (χ2v) is 3.41.